The molecule has 4 N–H and O–H groups in total. The molecule has 0 aromatic carbocycles. The van der Waals surface area contributed by atoms with E-state index in [1.165, 1.54) is 0 Å². The van der Waals surface area contributed by atoms with Crippen molar-refractivity contribution in [2.75, 3.05) is 0 Å². The van der Waals surface area contributed by atoms with Crippen molar-refractivity contribution in [2.24, 2.45) is 12.8 Å². The van der Waals surface area contributed by atoms with E-state index in [1.807, 2.05) is 0 Å². The number of aryl methyl sites for hydroxylation is 1. The number of aromatic nitrogens is 2. The normalized spacial score (nSPS) is 18.7. The van der Waals surface area contributed by atoms with Crippen LogP contribution in [0.2, 0.25) is 0 Å². The highest BCUT2D eigenvalue weighted by molar-refractivity contribution is 5.84. The zero-order valence-electron chi connectivity index (χ0n) is 11.5. The second-order valence-corrected chi connectivity index (χ2v) is 5.47. The average Bonchev–Trinajstić information content (AvgIpc) is 2.97. The average molecular weight is 280 g/mol. The third-order valence-corrected chi connectivity index (χ3v) is 3.81. The van der Waals surface area contributed by atoms with Crippen LogP contribution in [0.4, 0.5) is 0 Å². The maximum Gasteiger partial charge on any atom is 0.305 e. The summed E-state index contributed by atoms with van der Waals surface area (Å²) in [6, 6.07) is -0.824. The van der Waals surface area contributed by atoms with E-state index >= 15 is 0 Å². The highest BCUT2D eigenvalue weighted by Gasteiger charge is 2.38. The van der Waals surface area contributed by atoms with Crippen LogP contribution >= 0.6 is 0 Å². The lowest BCUT2D eigenvalue weighted by atomic mass is 9.92. The summed E-state index contributed by atoms with van der Waals surface area (Å²) in [5.74, 6) is -1.25. The molecular weight excluding hydrogens is 260 g/mol. The molecule has 1 aliphatic carbocycles. The predicted molar refractivity (Wildman–Crippen MR) is 71.7 cm³/mol. The number of carbonyl (C=O) groups excluding carboxylic acids is 1. The highest BCUT2D eigenvalue weighted by atomic mass is 16.4. The summed E-state index contributed by atoms with van der Waals surface area (Å²) in [7, 11) is 1.75. The number of carboxylic acids is 1. The minimum absolute atomic E-state index is 0.0570. The van der Waals surface area contributed by atoms with Gasteiger partial charge in [0.1, 0.15) is 6.04 Å². The zero-order chi connectivity index (χ0) is 14.8. The lowest BCUT2D eigenvalue weighted by molar-refractivity contribution is -0.139. The van der Waals surface area contributed by atoms with Crippen molar-refractivity contribution < 1.29 is 14.7 Å². The molecule has 7 nitrogen and oxygen atoms in total. The molecule has 2 rings (SSSR count). The number of nitrogens with two attached hydrogens (primary N) is 1. The summed E-state index contributed by atoms with van der Waals surface area (Å²) in [5.41, 5.74) is 5.88. The summed E-state index contributed by atoms with van der Waals surface area (Å²) in [6.45, 7) is 0. The number of hydrogen-bond acceptors (Lipinski definition) is 4. The molecule has 1 aliphatic rings. The van der Waals surface area contributed by atoms with Gasteiger partial charge in [-0.15, -0.1) is 0 Å². The Bertz CT molecular complexity index is 505. The van der Waals surface area contributed by atoms with Crippen molar-refractivity contribution >= 4 is 11.9 Å². The van der Waals surface area contributed by atoms with Gasteiger partial charge in [-0.05, 0) is 12.8 Å². The van der Waals surface area contributed by atoms with Crippen molar-refractivity contribution in [1.82, 2.24) is 15.1 Å². The fraction of sp³-hybridized carbons (Fsp3) is 0.615. The second-order valence-electron chi connectivity index (χ2n) is 5.47. The molecule has 0 radical (unpaired) electrons. The molecule has 1 heterocycles. The van der Waals surface area contributed by atoms with Crippen molar-refractivity contribution in [1.29, 1.82) is 0 Å². The van der Waals surface area contributed by atoms with Crippen molar-refractivity contribution in [2.45, 2.75) is 43.7 Å². The van der Waals surface area contributed by atoms with Gasteiger partial charge in [-0.1, -0.05) is 12.8 Å². The van der Waals surface area contributed by atoms with Crippen molar-refractivity contribution in [3.63, 3.8) is 0 Å². The van der Waals surface area contributed by atoms with Gasteiger partial charge in [0, 0.05) is 18.8 Å². The molecule has 1 saturated carbocycles. The van der Waals surface area contributed by atoms with E-state index in [0.29, 0.717) is 18.4 Å². The zero-order valence-corrected chi connectivity index (χ0v) is 11.5. The molecule has 1 aromatic rings. The fourth-order valence-electron chi connectivity index (χ4n) is 2.78. The van der Waals surface area contributed by atoms with Crippen molar-refractivity contribution in [3.8, 4) is 0 Å². The van der Waals surface area contributed by atoms with Crippen molar-refractivity contribution in [3.05, 3.63) is 18.0 Å². The minimum Gasteiger partial charge on any atom is -0.481 e. The van der Waals surface area contributed by atoms with Crippen LogP contribution in [0.1, 0.15) is 43.7 Å². The number of hydrogen-bond donors (Lipinski definition) is 3. The molecule has 0 spiro atoms. The summed E-state index contributed by atoms with van der Waals surface area (Å²) in [4.78, 5) is 23.2. The lowest BCUT2D eigenvalue weighted by Crippen LogP contribution is -2.50. The molecule has 110 valence electrons. The van der Waals surface area contributed by atoms with Gasteiger partial charge in [0.25, 0.3) is 0 Å². The van der Waals surface area contributed by atoms with Crippen LogP contribution in [-0.4, -0.2) is 32.3 Å². The van der Waals surface area contributed by atoms with Crippen LogP contribution in [0.5, 0.6) is 0 Å². The number of rotatable bonds is 5. The molecule has 1 unspecified atom stereocenters. The molecule has 1 aromatic heterocycles. The molecule has 0 bridgehead atoms. The Morgan fingerprint density at radius 1 is 1.55 bits per heavy atom. The highest BCUT2D eigenvalue weighted by Crippen LogP contribution is 2.33. The predicted octanol–water partition coefficient (Wildman–Crippen LogP) is 0.324. The van der Waals surface area contributed by atoms with Crippen LogP contribution in [0, 0.1) is 0 Å². The topological polar surface area (TPSA) is 110 Å². The summed E-state index contributed by atoms with van der Waals surface area (Å²) < 4.78 is 1.57. The molecule has 0 aliphatic heterocycles. The SMILES string of the molecule is Cn1cc(C(N)C(=O)NC2(CC(=O)O)CCCC2)cn1. The first kappa shape index (κ1) is 14.5. The van der Waals surface area contributed by atoms with E-state index < -0.39 is 17.6 Å². The van der Waals surface area contributed by atoms with Crippen LogP contribution < -0.4 is 11.1 Å². The van der Waals surface area contributed by atoms with Gasteiger partial charge in [0.05, 0.1) is 18.2 Å². The number of amides is 1. The minimum atomic E-state index is -0.901. The van der Waals surface area contributed by atoms with E-state index in [1.54, 1.807) is 24.1 Å². The van der Waals surface area contributed by atoms with Crippen LogP contribution in [0.15, 0.2) is 12.4 Å². The largest absolute Gasteiger partial charge is 0.481 e. The maximum atomic E-state index is 12.2. The molecule has 1 amide bonds. The first-order chi connectivity index (χ1) is 9.42. The van der Waals surface area contributed by atoms with Crippen LogP contribution in [-0.2, 0) is 16.6 Å². The Morgan fingerprint density at radius 2 is 2.20 bits per heavy atom. The van der Waals surface area contributed by atoms with Gasteiger partial charge in [-0.3, -0.25) is 14.3 Å². The van der Waals surface area contributed by atoms with Gasteiger partial charge in [0.15, 0.2) is 0 Å². The summed E-state index contributed by atoms with van der Waals surface area (Å²) >= 11 is 0. The Balaban J connectivity index is 2.06. The van der Waals surface area contributed by atoms with Gasteiger partial charge >= 0.3 is 5.97 Å². The summed E-state index contributed by atoms with van der Waals surface area (Å²) in [6.07, 6.45) is 6.39. The fourth-order valence-corrected chi connectivity index (χ4v) is 2.78. The van der Waals surface area contributed by atoms with E-state index in [4.69, 9.17) is 10.8 Å². The molecule has 1 atom stereocenters. The molecule has 7 heteroatoms. The number of carboxylic acid groups (broad SMARTS) is 1. The second kappa shape index (κ2) is 5.62. The Hall–Kier alpha value is -1.89. The Morgan fingerprint density at radius 3 is 2.70 bits per heavy atom. The quantitative estimate of drug-likeness (QED) is 0.719. The molecule has 0 saturated heterocycles. The third kappa shape index (κ3) is 3.16. The van der Waals surface area contributed by atoms with Gasteiger partial charge in [0.2, 0.25) is 5.91 Å². The smallest absolute Gasteiger partial charge is 0.305 e. The van der Waals surface area contributed by atoms with E-state index in [9.17, 15) is 9.59 Å². The monoisotopic (exact) mass is 280 g/mol. The van der Waals surface area contributed by atoms with Crippen LogP contribution in [0.3, 0.4) is 0 Å². The van der Waals surface area contributed by atoms with E-state index in [0.717, 1.165) is 12.8 Å². The van der Waals surface area contributed by atoms with Gasteiger partial charge in [-0.2, -0.15) is 5.10 Å². The van der Waals surface area contributed by atoms with E-state index in [2.05, 4.69) is 10.4 Å². The Labute approximate surface area is 117 Å². The molecule has 20 heavy (non-hydrogen) atoms. The van der Waals surface area contributed by atoms with E-state index in [-0.39, 0.29) is 12.3 Å². The number of aliphatic carboxylic acids is 1. The first-order valence-corrected chi connectivity index (χ1v) is 6.70. The lowest BCUT2D eigenvalue weighted by Gasteiger charge is -2.29. The maximum absolute atomic E-state index is 12.2. The summed E-state index contributed by atoms with van der Waals surface area (Å²) in [5, 5.41) is 15.8. The van der Waals surface area contributed by atoms with Crippen LogP contribution in [0.25, 0.3) is 0 Å². The van der Waals surface area contributed by atoms with Gasteiger partial charge in [-0.25, -0.2) is 0 Å². The Kier molecular flexibility index (Phi) is 4.08. The molecular formula is C13H20N4O3. The van der Waals surface area contributed by atoms with Gasteiger partial charge < -0.3 is 16.2 Å². The third-order valence-electron chi connectivity index (χ3n) is 3.81. The number of nitrogens with one attached hydrogen (secondary N) is 1. The first-order valence-electron chi connectivity index (χ1n) is 6.70. The number of carbonyl (C=O) groups is 2. The molecule has 1 fully saturated rings. The number of nitrogens with zero attached hydrogens (tertiary/aromatic N) is 2. The standard InChI is InChI=1S/C13H20N4O3/c1-17-8-9(7-15-17)11(14)12(20)16-13(6-10(18)19)4-2-3-5-13/h7-8,11H,2-6,14H2,1H3,(H,16,20)(H,18,19).